The maximum Gasteiger partial charge on any atom is 0.310 e. The Balaban J connectivity index is 1.50. The van der Waals surface area contributed by atoms with Crippen LogP contribution in [0.4, 0.5) is 0 Å². The Hall–Kier alpha value is -0.480. The first-order valence-electron chi connectivity index (χ1n) is 9.25. The average Bonchev–Trinajstić information content (AvgIpc) is 2.81. The molecule has 0 amide bonds. The van der Waals surface area contributed by atoms with Crippen LogP contribution in [0.1, 0.15) is 39.0 Å². The van der Waals surface area contributed by atoms with Gasteiger partial charge in [-0.1, -0.05) is 19.1 Å². The van der Waals surface area contributed by atoms with E-state index >= 15 is 0 Å². The van der Waals surface area contributed by atoms with Gasteiger partial charge < -0.3 is 9.64 Å². The van der Waals surface area contributed by atoms with Crippen molar-refractivity contribution in [1.29, 1.82) is 0 Å². The number of hydrogen-bond acceptors (Lipinski definition) is 4. The molecular formula is C19H29NO2S. The molecule has 0 N–H and O–H groups in total. The van der Waals surface area contributed by atoms with E-state index < -0.39 is 0 Å². The highest BCUT2D eigenvalue weighted by molar-refractivity contribution is 7.99. The van der Waals surface area contributed by atoms with E-state index in [0.29, 0.717) is 17.3 Å². The van der Waals surface area contributed by atoms with Crippen LogP contribution >= 0.6 is 11.8 Å². The maximum absolute atomic E-state index is 12.5. The maximum atomic E-state index is 12.5. The van der Waals surface area contributed by atoms with Crippen molar-refractivity contribution in [3.05, 3.63) is 12.2 Å². The van der Waals surface area contributed by atoms with Crippen LogP contribution in [0.15, 0.2) is 12.2 Å². The highest BCUT2D eigenvalue weighted by atomic mass is 32.2. The summed E-state index contributed by atoms with van der Waals surface area (Å²) in [4.78, 5) is 15.0. The summed E-state index contributed by atoms with van der Waals surface area (Å²) < 4.78 is 5.87. The second kappa shape index (κ2) is 6.11. The summed E-state index contributed by atoms with van der Waals surface area (Å²) >= 11 is 2.03. The molecule has 2 heterocycles. The SMILES string of the molecule is C=C1CCC[C@]2(C)C[C@H]3OC(=O)[C@H](CN4CCSCC4)[C@H]3C[C@H]12. The summed E-state index contributed by atoms with van der Waals surface area (Å²) in [7, 11) is 0. The van der Waals surface area contributed by atoms with E-state index in [1.54, 1.807) is 0 Å². The number of thioether (sulfide) groups is 1. The summed E-state index contributed by atoms with van der Waals surface area (Å²) in [6.07, 6.45) is 6.05. The zero-order valence-electron chi connectivity index (χ0n) is 14.3. The summed E-state index contributed by atoms with van der Waals surface area (Å²) in [5, 5.41) is 0. The van der Waals surface area contributed by atoms with Crippen LogP contribution in [0.25, 0.3) is 0 Å². The van der Waals surface area contributed by atoms with Gasteiger partial charge in [0.2, 0.25) is 0 Å². The van der Waals surface area contributed by atoms with Crippen LogP contribution in [0, 0.1) is 23.2 Å². The fourth-order valence-electron chi connectivity index (χ4n) is 5.53. The number of hydrogen-bond donors (Lipinski definition) is 0. The molecular weight excluding hydrogens is 306 g/mol. The van der Waals surface area contributed by atoms with Crippen molar-refractivity contribution >= 4 is 17.7 Å². The summed E-state index contributed by atoms with van der Waals surface area (Å²) in [6.45, 7) is 9.95. The van der Waals surface area contributed by atoms with Crippen molar-refractivity contribution in [1.82, 2.24) is 4.90 Å². The minimum Gasteiger partial charge on any atom is -0.462 e. The smallest absolute Gasteiger partial charge is 0.310 e. The largest absolute Gasteiger partial charge is 0.462 e. The molecule has 5 atom stereocenters. The van der Waals surface area contributed by atoms with Crippen LogP contribution in [-0.4, -0.2) is 48.1 Å². The zero-order valence-corrected chi connectivity index (χ0v) is 15.1. The number of allylic oxidation sites excluding steroid dienone is 1. The minimum absolute atomic E-state index is 0.0751. The van der Waals surface area contributed by atoms with Gasteiger partial charge in [-0.15, -0.1) is 0 Å². The van der Waals surface area contributed by atoms with E-state index in [1.165, 1.54) is 36.3 Å². The Morgan fingerprint density at radius 2 is 2.17 bits per heavy atom. The molecule has 2 aliphatic heterocycles. The lowest BCUT2D eigenvalue weighted by Crippen LogP contribution is -2.46. The van der Waals surface area contributed by atoms with Gasteiger partial charge in [0.05, 0.1) is 5.92 Å². The van der Waals surface area contributed by atoms with Gasteiger partial charge in [-0.3, -0.25) is 4.79 Å². The van der Waals surface area contributed by atoms with Gasteiger partial charge in [0.25, 0.3) is 0 Å². The van der Waals surface area contributed by atoms with Crippen molar-refractivity contribution in [2.45, 2.75) is 45.1 Å². The molecule has 4 aliphatic rings. The van der Waals surface area contributed by atoms with E-state index in [9.17, 15) is 4.79 Å². The lowest BCUT2D eigenvalue weighted by molar-refractivity contribution is -0.146. The van der Waals surface area contributed by atoms with Gasteiger partial charge >= 0.3 is 5.97 Å². The highest BCUT2D eigenvalue weighted by Crippen LogP contribution is 2.56. The molecule has 0 radical (unpaired) electrons. The van der Waals surface area contributed by atoms with Gasteiger partial charge in [-0.05, 0) is 43.4 Å². The summed E-state index contributed by atoms with van der Waals surface area (Å²) in [5.41, 5.74) is 1.75. The Labute approximate surface area is 144 Å². The van der Waals surface area contributed by atoms with Crippen molar-refractivity contribution < 1.29 is 9.53 Å². The molecule has 2 saturated heterocycles. The lowest BCUT2D eigenvalue weighted by atomic mass is 9.55. The number of ether oxygens (including phenoxy) is 1. The molecule has 0 aromatic carbocycles. The van der Waals surface area contributed by atoms with E-state index in [-0.39, 0.29) is 18.0 Å². The molecule has 0 aromatic heterocycles. The fourth-order valence-corrected chi connectivity index (χ4v) is 6.51. The third kappa shape index (κ3) is 2.86. The third-order valence-electron chi connectivity index (χ3n) is 6.88. The molecule has 23 heavy (non-hydrogen) atoms. The number of carbonyl (C=O) groups is 1. The van der Waals surface area contributed by atoms with Crippen molar-refractivity contribution in [3.63, 3.8) is 0 Å². The number of nitrogens with zero attached hydrogens (tertiary/aromatic N) is 1. The lowest BCUT2D eigenvalue weighted by Gasteiger charge is -2.50. The normalized spacial score (nSPS) is 44.6. The summed E-state index contributed by atoms with van der Waals surface area (Å²) in [6, 6.07) is 0. The molecule has 0 spiro atoms. The van der Waals surface area contributed by atoms with E-state index in [4.69, 9.17) is 4.74 Å². The van der Waals surface area contributed by atoms with Crippen LogP contribution in [0.3, 0.4) is 0 Å². The zero-order chi connectivity index (χ0) is 16.0. The first-order valence-corrected chi connectivity index (χ1v) is 10.4. The molecule has 4 fully saturated rings. The quantitative estimate of drug-likeness (QED) is 0.572. The molecule has 128 valence electrons. The van der Waals surface area contributed by atoms with Crippen LogP contribution in [0.5, 0.6) is 0 Å². The molecule has 3 nitrogen and oxygen atoms in total. The number of rotatable bonds is 2. The van der Waals surface area contributed by atoms with Gasteiger partial charge in [-0.25, -0.2) is 0 Å². The van der Waals surface area contributed by atoms with Crippen LogP contribution in [-0.2, 0) is 9.53 Å². The van der Waals surface area contributed by atoms with Crippen LogP contribution in [0.2, 0.25) is 0 Å². The summed E-state index contributed by atoms with van der Waals surface area (Å²) in [5.74, 6) is 3.60. The van der Waals surface area contributed by atoms with E-state index in [2.05, 4.69) is 18.4 Å². The third-order valence-corrected chi connectivity index (χ3v) is 7.82. The topological polar surface area (TPSA) is 29.5 Å². The van der Waals surface area contributed by atoms with Crippen molar-refractivity contribution in [2.24, 2.45) is 23.2 Å². The molecule has 0 unspecified atom stereocenters. The Bertz CT molecular complexity index is 502. The molecule has 2 aliphatic carbocycles. The van der Waals surface area contributed by atoms with E-state index in [1.807, 2.05) is 11.8 Å². The minimum atomic E-state index is 0.0751. The highest BCUT2D eigenvalue weighted by Gasteiger charge is 2.55. The van der Waals surface area contributed by atoms with Gasteiger partial charge in [0, 0.05) is 37.1 Å². The van der Waals surface area contributed by atoms with Gasteiger partial charge in [-0.2, -0.15) is 11.8 Å². The Kier molecular flexibility index (Phi) is 4.25. The van der Waals surface area contributed by atoms with Gasteiger partial charge in [0.15, 0.2) is 0 Å². The second-order valence-electron chi connectivity index (χ2n) is 8.32. The standard InChI is InChI=1S/C19H29NO2S/c1-13-4-3-5-19(2)11-17-14(10-16(13)19)15(18(21)22-17)12-20-6-8-23-9-7-20/h14-17H,1,3-12H2,2H3/t14-,15-,16-,17-,19-/m1/s1. The molecule has 0 aromatic rings. The van der Waals surface area contributed by atoms with Gasteiger partial charge in [0.1, 0.15) is 6.10 Å². The Morgan fingerprint density at radius 3 is 2.96 bits per heavy atom. The predicted molar refractivity (Wildman–Crippen MR) is 94.4 cm³/mol. The molecule has 4 heteroatoms. The first kappa shape index (κ1) is 16.0. The second-order valence-corrected chi connectivity index (χ2v) is 9.54. The average molecular weight is 336 g/mol. The molecule has 0 bridgehead atoms. The Morgan fingerprint density at radius 1 is 1.39 bits per heavy atom. The number of carbonyl (C=O) groups excluding carboxylic acids is 1. The number of esters is 1. The number of fused-ring (bicyclic) bond motifs is 2. The molecule has 2 saturated carbocycles. The van der Waals surface area contributed by atoms with E-state index in [0.717, 1.165) is 32.5 Å². The van der Waals surface area contributed by atoms with Crippen LogP contribution < -0.4 is 0 Å². The molecule has 4 rings (SSSR count). The van der Waals surface area contributed by atoms with Crippen molar-refractivity contribution in [2.75, 3.05) is 31.1 Å². The first-order chi connectivity index (χ1) is 11.1. The van der Waals surface area contributed by atoms with Crippen molar-refractivity contribution in [3.8, 4) is 0 Å². The monoisotopic (exact) mass is 335 g/mol. The predicted octanol–water partition coefficient (Wildman–Crippen LogP) is 3.35. The fraction of sp³-hybridized carbons (Fsp3) is 0.842.